The second kappa shape index (κ2) is 7.21. The quantitative estimate of drug-likeness (QED) is 0.701. The Morgan fingerprint density at radius 3 is 2.62 bits per heavy atom. The average molecular weight is 366 g/mol. The van der Waals surface area contributed by atoms with Gasteiger partial charge in [-0.15, -0.1) is 10.2 Å². The van der Waals surface area contributed by atoms with Gasteiger partial charge in [0.15, 0.2) is 11.0 Å². The molecule has 1 fully saturated rings. The van der Waals surface area contributed by atoms with E-state index < -0.39 is 0 Å². The van der Waals surface area contributed by atoms with Gasteiger partial charge in [-0.05, 0) is 19.1 Å². The minimum atomic E-state index is -0.361. The van der Waals surface area contributed by atoms with Crippen LogP contribution in [-0.2, 0) is 4.74 Å². The fourth-order valence-electron chi connectivity index (χ4n) is 2.76. The largest absolute Gasteiger partial charge is 0.443 e. The highest BCUT2D eigenvalue weighted by Gasteiger charge is 2.24. The lowest BCUT2D eigenvalue weighted by Crippen LogP contribution is -2.17. The summed E-state index contributed by atoms with van der Waals surface area (Å²) in [5.74, 6) is 1.41. The van der Waals surface area contributed by atoms with E-state index in [0.29, 0.717) is 12.3 Å². The third-order valence-electron chi connectivity index (χ3n) is 4.10. The molecule has 1 aliphatic rings. The number of rotatable bonds is 5. The molecule has 0 spiro atoms. The van der Waals surface area contributed by atoms with Crippen molar-refractivity contribution in [3.05, 3.63) is 60.2 Å². The Kier molecular flexibility index (Phi) is 4.62. The molecule has 26 heavy (non-hydrogen) atoms. The Morgan fingerprint density at radius 1 is 1.15 bits per heavy atom. The predicted molar refractivity (Wildman–Crippen MR) is 101 cm³/mol. The normalized spacial score (nSPS) is 16.3. The number of hydrogen-bond acceptors (Lipinski definition) is 5. The molecule has 0 unspecified atom stereocenters. The van der Waals surface area contributed by atoms with Crippen LogP contribution >= 0.6 is 11.8 Å². The van der Waals surface area contributed by atoms with Gasteiger partial charge in [0.25, 0.3) is 0 Å². The molecule has 1 amide bonds. The van der Waals surface area contributed by atoms with Crippen LogP contribution in [0.2, 0.25) is 0 Å². The molecule has 2 heterocycles. The molecule has 0 saturated carbocycles. The Morgan fingerprint density at radius 2 is 1.92 bits per heavy atom. The molecule has 0 aliphatic carbocycles. The number of nitrogens with zero attached hydrogens (tertiary/aromatic N) is 3. The van der Waals surface area contributed by atoms with Gasteiger partial charge in [0.1, 0.15) is 6.10 Å². The van der Waals surface area contributed by atoms with E-state index in [-0.39, 0.29) is 12.2 Å². The Hall–Kier alpha value is -2.80. The molecule has 0 bridgehead atoms. The number of carbonyl (C=O) groups is 1. The Bertz CT molecular complexity index is 909. The van der Waals surface area contributed by atoms with Crippen molar-refractivity contribution in [2.24, 2.45) is 0 Å². The van der Waals surface area contributed by atoms with Crippen LogP contribution in [0.25, 0.3) is 17.1 Å². The summed E-state index contributed by atoms with van der Waals surface area (Å²) in [7, 11) is 0. The molecule has 1 saturated heterocycles. The number of nitrogens with one attached hydrogen (secondary N) is 1. The van der Waals surface area contributed by atoms with E-state index in [2.05, 4.69) is 46.7 Å². The number of ether oxygens (including phenoxy) is 1. The van der Waals surface area contributed by atoms with E-state index in [0.717, 1.165) is 22.2 Å². The SMILES string of the molecule is Cc1ccc(-n2c(SC[C@H]3CNC(=O)O3)nnc2-c2ccccc2)cc1. The molecule has 3 aromatic rings. The molecule has 2 aromatic carbocycles. The van der Waals surface area contributed by atoms with Crippen LogP contribution < -0.4 is 5.32 Å². The summed E-state index contributed by atoms with van der Waals surface area (Å²) >= 11 is 1.53. The summed E-state index contributed by atoms with van der Waals surface area (Å²) in [6.07, 6.45) is -0.517. The van der Waals surface area contributed by atoms with Gasteiger partial charge < -0.3 is 10.1 Å². The second-order valence-corrected chi connectivity index (χ2v) is 7.05. The van der Waals surface area contributed by atoms with Crippen LogP contribution in [0.5, 0.6) is 0 Å². The van der Waals surface area contributed by atoms with Crippen LogP contribution in [0.4, 0.5) is 4.79 Å². The highest BCUT2D eigenvalue weighted by Crippen LogP contribution is 2.28. The van der Waals surface area contributed by atoms with E-state index >= 15 is 0 Å². The summed E-state index contributed by atoms with van der Waals surface area (Å²) in [5, 5.41) is 12.2. The topological polar surface area (TPSA) is 69.0 Å². The number of aromatic nitrogens is 3. The molecule has 7 heteroatoms. The lowest BCUT2D eigenvalue weighted by molar-refractivity contribution is 0.150. The lowest BCUT2D eigenvalue weighted by Gasteiger charge is -2.12. The van der Waals surface area contributed by atoms with Crippen molar-refractivity contribution >= 4 is 17.9 Å². The van der Waals surface area contributed by atoms with Crippen molar-refractivity contribution < 1.29 is 9.53 Å². The number of thioether (sulfide) groups is 1. The van der Waals surface area contributed by atoms with Gasteiger partial charge in [-0.3, -0.25) is 4.57 Å². The summed E-state index contributed by atoms with van der Waals surface area (Å²) in [5.41, 5.74) is 3.20. The maximum Gasteiger partial charge on any atom is 0.407 e. The highest BCUT2D eigenvalue weighted by atomic mass is 32.2. The number of hydrogen-bond donors (Lipinski definition) is 1. The first kappa shape index (κ1) is 16.7. The fraction of sp³-hybridized carbons (Fsp3) is 0.211. The molecule has 1 atom stereocenters. The van der Waals surface area contributed by atoms with Gasteiger partial charge >= 0.3 is 6.09 Å². The molecule has 132 valence electrons. The van der Waals surface area contributed by atoms with Gasteiger partial charge in [-0.25, -0.2) is 4.79 Å². The second-order valence-electron chi connectivity index (χ2n) is 6.06. The molecule has 6 nitrogen and oxygen atoms in total. The van der Waals surface area contributed by atoms with Crippen LogP contribution in [0.15, 0.2) is 59.8 Å². The first-order valence-corrected chi connectivity index (χ1v) is 9.34. The van der Waals surface area contributed by atoms with Gasteiger partial charge in [-0.2, -0.15) is 0 Å². The molecular formula is C19H18N4O2S. The van der Waals surface area contributed by atoms with E-state index in [4.69, 9.17) is 4.74 Å². The fourth-order valence-corrected chi connectivity index (χ4v) is 3.70. The van der Waals surface area contributed by atoms with Crippen molar-refractivity contribution in [3.63, 3.8) is 0 Å². The monoisotopic (exact) mass is 366 g/mol. The zero-order chi connectivity index (χ0) is 17.9. The number of amides is 1. The van der Waals surface area contributed by atoms with Crippen LogP contribution in [0, 0.1) is 6.92 Å². The summed E-state index contributed by atoms with van der Waals surface area (Å²) < 4.78 is 7.25. The Balaban J connectivity index is 1.68. The van der Waals surface area contributed by atoms with Gasteiger partial charge in [0, 0.05) is 17.0 Å². The number of carbonyl (C=O) groups excluding carboxylic acids is 1. The minimum absolute atomic E-state index is 0.157. The maximum absolute atomic E-state index is 11.2. The van der Waals surface area contributed by atoms with Crippen molar-refractivity contribution in [2.45, 2.75) is 18.2 Å². The summed E-state index contributed by atoms with van der Waals surface area (Å²) in [6, 6.07) is 18.3. The molecule has 4 rings (SSSR count). The van der Waals surface area contributed by atoms with Crippen LogP contribution in [-0.4, -0.2) is 39.3 Å². The van der Waals surface area contributed by atoms with Gasteiger partial charge in [0.05, 0.1) is 6.54 Å². The van der Waals surface area contributed by atoms with E-state index in [1.807, 2.05) is 34.9 Å². The smallest absolute Gasteiger partial charge is 0.407 e. The molecule has 1 aliphatic heterocycles. The predicted octanol–water partition coefficient (Wildman–Crippen LogP) is 3.44. The maximum atomic E-state index is 11.2. The Labute approximate surface area is 155 Å². The lowest BCUT2D eigenvalue weighted by atomic mass is 10.2. The highest BCUT2D eigenvalue weighted by molar-refractivity contribution is 7.99. The number of aryl methyl sites for hydroxylation is 1. The van der Waals surface area contributed by atoms with Crippen molar-refractivity contribution in [3.8, 4) is 17.1 Å². The van der Waals surface area contributed by atoms with E-state index in [9.17, 15) is 4.79 Å². The molecular weight excluding hydrogens is 348 g/mol. The number of alkyl carbamates (subject to hydrolysis) is 1. The molecule has 1 aromatic heterocycles. The van der Waals surface area contributed by atoms with Crippen molar-refractivity contribution in [2.75, 3.05) is 12.3 Å². The zero-order valence-corrected chi connectivity index (χ0v) is 15.1. The first-order chi connectivity index (χ1) is 12.7. The summed E-state index contributed by atoms with van der Waals surface area (Å²) in [6.45, 7) is 2.58. The van der Waals surface area contributed by atoms with Gasteiger partial charge in [-0.1, -0.05) is 59.8 Å². The van der Waals surface area contributed by atoms with Gasteiger partial charge in [0.2, 0.25) is 0 Å². The minimum Gasteiger partial charge on any atom is -0.443 e. The molecule has 1 N–H and O–H groups in total. The van der Waals surface area contributed by atoms with E-state index in [1.54, 1.807) is 0 Å². The standard InChI is InChI=1S/C19H18N4O2S/c1-13-7-9-15(10-8-13)23-17(14-5-3-2-4-6-14)21-22-18(23)26-12-16-11-20-19(24)25-16/h2-10,16H,11-12H2,1H3,(H,20,24)/t16-/m1/s1. The van der Waals surface area contributed by atoms with Crippen molar-refractivity contribution in [1.29, 1.82) is 0 Å². The third kappa shape index (κ3) is 3.43. The summed E-state index contributed by atoms with van der Waals surface area (Å²) in [4.78, 5) is 11.2. The average Bonchev–Trinajstić information content (AvgIpc) is 3.27. The number of benzene rings is 2. The van der Waals surface area contributed by atoms with Crippen LogP contribution in [0.1, 0.15) is 5.56 Å². The van der Waals surface area contributed by atoms with Crippen molar-refractivity contribution in [1.82, 2.24) is 20.1 Å². The van der Waals surface area contributed by atoms with E-state index in [1.165, 1.54) is 17.3 Å². The first-order valence-electron chi connectivity index (χ1n) is 8.36. The molecule has 0 radical (unpaired) electrons. The third-order valence-corrected chi connectivity index (χ3v) is 5.16. The number of cyclic esters (lactones) is 1. The van der Waals surface area contributed by atoms with Crippen LogP contribution in [0.3, 0.4) is 0 Å². The zero-order valence-electron chi connectivity index (χ0n) is 14.3.